The zero-order valence-electron chi connectivity index (χ0n) is 10.8. The van der Waals surface area contributed by atoms with Crippen LogP contribution in [-0.4, -0.2) is 6.54 Å². The second-order valence-corrected chi connectivity index (χ2v) is 4.49. The van der Waals surface area contributed by atoms with E-state index in [1.807, 2.05) is 0 Å². The van der Waals surface area contributed by atoms with E-state index in [0.717, 1.165) is 6.42 Å². The molecule has 0 radical (unpaired) electrons. The summed E-state index contributed by atoms with van der Waals surface area (Å²) in [6.07, 6.45) is 14.7. The van der Waals surface area contributed by atoms with Crippen LogP contribution >= 0.6 is 0 Å². The van der Waals surface area contributed by atoms with Crippen molar-refractivity contribution < 1.29 is 0 Å². The summed E-state index contributed by atoms with van der Waals surface area (Å²) in [5, 5.41) is 3.53. The van der Waals surface area contributed by atoms with E-state index in [0.29, 0.717) is 6.54 Å². The van der Waals surface area contributed by atoms with Gasteiger partial charge in [0, 0.05) is 11.5 Å². The molecule has 0 atom stereocenters. The Hall–Kier alpha value is -0.690. The first kappa shape index (κ1) is 15.3. The van der Waals surface area contributed by atoms with Gasteiger partial charge in [0.2, 0.25) is 0 Å². The number of rotatable bonds is 12. The molecule has 3 heteroatoms. The fourth-order valence-electron chi connectivity index (χ4n) is 1.89. The average Bonchev–Trinajstić information content (AvgIpc) is 2.31. The maximum absolute atomic E-state index is 8.09. The Morgan fingerprint density at radius 2 is 1.19 bits per heavy atom. The van der Waals surface area contributed by atoms with Gasteiger partial charge in [-0.15, -0.1) is 0 Å². The summed E-state index contributed by atoms with van der Waals surface area (Å²) in [5.74, 6) is 0. The van der Waals surface area contributed by atoms with Crippen molar-refractivity contribution in [1.82, 2.24) is 0 Å². The van der Waals surface area contributed by atoms with E-state index >= 15 is 0 Å². The van der Waals surface area contributed by atoms with Crippen LogP contribution in [0.2, 0.25) is 0 Å². The summed E-state index contributed by atoms with van der Waals surface area (Å²) < 4.78 is 0. The standard InChI is InChI=1S/C13H27N3/c1-2-3-4-5-6-7-8-9-10-11-12-13-15-16-14/h2-13H2,1H3. The van der Waals surface area contributed by atoms with Crippen molar-refractivity contribution in [1.29, 1.82) is 0 Å². The third-order valence-corrected chi connectivity index (χ3v) is 2.92. The van der Waals surface area contributed by atoms with Crippen molar-refractivity contribution in [3.63, 3.8) is 0 Å². The maximum Gasteiger partial charge on any atom is 0.0257 e. The molecule has 0 saturated heterocycles. The molecular formula is C13H27N3. The van der Waals surface area contributed by atoms with Crippen LogP contribution in [0.25, 0.3) is 10.4 Å². The van der Waals surface area contributed by atoms with Crippen molar-refractivity contribution in [3.8, 4) is 0 Å². The van der Waals surface area contributed by atoms with Gasteiger partial charge in [-0.25, -0.2) is 0 Å². The Labute approximate surface area is 100 Å². The Bertz CT molecular complexity index is 174. The van der Waals surface area contributed by atoms with Gasteiger partial charge in [-0.05, 0) is 12.0 Å². The molecule has 0 N–H and O–H groups in total. The van der Waals surface area contributed by atoms with Crippen molar-refractivity contribution in [2.75, 3.05) is 6.54 Å². The average molecular weight is 225 g/mol. The highest BCUT2D eigenvalue weighted by Gasteiger charge is 1.92. The Kier molecular flexibility index (Phi) is 13.7. The minimum atomic E-state index is 0.674. The van der Waals surface area contributed by atoms with Crippen LogP contribution in [0.3, 0.4) is 0 Å². The molecule has 3 nitrogen and oxygen atoms in total. The summed E-state index contributed by atoms with van der Waals surface area (Å²) in [4.78, 5) is 2.74. The SMILES string of the molecule is CCCCCCCCCCCCCN=[N+]=[N-]. The van der Waals surface area contributed by atoms with E-state index in [2.05, 4.69) is 16.9 Å². The van der Waals surface area contributed by atoms with Gasteiger partial charge < -0.3 is 0 Å². The van der Waals surface area contributed by atoms with Gasteiger partial charge in [0.15, 0.2) is 0 Å². The lowest BCUT2D eigenvalue weighted by Crippen LogP contribution is -1.83. The normalized spacial score (nSPS) is 10.1. The summed E-state index contributed by atoms with van der Waals surface area (Å²) >= 11 is 0. The van der Waals surface area contributed by atoms with Crippen LogP contribution in [0.5, 0.6) is 0 Å². The third kappa shape index (κ3) is 13.3. The number of hydrogen-bond donors (Lipinski definition) is 0. The lowest BCUT2D eigenvalue weighted by molar-refractivity contribution is 0.551. The number of nitrogens with zero attached hydrogens (tertiary/aromatic N) is 3. The zero-order valence-corrected chi connectivity index (χ0v) is 10.8. The van der Waals surface area contributed by atoms with Crippen LogP contribution < -0.4 is 0 Å². The van der Waals surface area contributed by atoms with Crippen molar-refractivity contribution in [3.05, 3.63) is 10.4 Å². The van der Waals surface area contributed by atoms with E-state index in [4.69, 9.17) is 5.53 Å². The minimum absolute atomic E-state index is 0.674. The van der Waals surface area contributed by atoms with Crippen molar-refractivity contribution in [2.45, 2.75) is 77.6 Å². The third-order valence-electron chi connectivity index (χ3n) is 2.92. The highest BCUT2D eigenvalue weighted by atomic mass is 15.1. The van der Waals surface area contributed by atoms with Gasteiger partial charge in [0.1, 0.15) is 0 Å². The van der Waals surface area contributed by atoms with E-state index in [9.17, 15) is 0 Å². The second kappa shape index (κ2) is 14.3. The van der Waals surface area contributed by atoms with E-state index in [1.54, 1.807) is 0 Å². The predicted octanol–water partition coefficient (Wildman–Crippen LogP) is 5.61. The zero-order chi connectivity index (χ0) is 11.9. The van der Waals surface area contributed by atoms with Crippen molar-refractivity contribution in [2.24, 2.45) is 5.11 Å². The Balaban J connectivity index is 2.90. The highest BCUT2D eigenvalue weighted by Crippen LogP contribution is 2.11. The quantitative estimate of drug-likeness (QED) is 0.179. The van der Waals surface area contributed by atoms with Gasteiger partial charge in [-0.3, -0.25) is 0 Å². The van der Waals surface area contributed by atoms with Crippen LogP contribution in [-0.2, 0) is 0 Å². The van der Waals surface area contributed by atoms with E-state index in [-0.39, 0.29) is 0 Å². The molecule has 0 fully saturated rings. The molecule has 0 saturated carbocycles. The molecule has 0 aromatic heterocycles. The number of unbranched alkanes of at least 4 members (excludes halogenated alkanes) is 10. The predicted molar refractivity (Wildman–Crippen MR) is 70.5 cm³/mol. The molecular weight excluding hydrogens is 198 g/mol. The van der Waals surface area contributed by atoms with Crippen LogP contribution in [0, 0.1) is 0 Å². The first-order chi connectivity index (χ1) is 7.91. The number of hydrogen-bond acceptors (Lipinski definition) is 1. The maximum atomic E-state index is 8.09. The smallest absolute Gasteiger partial charge is 0.0257 e. The molecule has 94 valence electrons. The molecule has 16 heavy (non-hydrogen) atoms. The molecule has 0 aromatic carbocycles. The molecule has 0 bridgehead atoms. The van der Waals surface area contributed by atoms with E-state index < -0.39 is 0 Å². The molecule has 0 spiro atoms. The van der Waals surface area contributed by atoms with Crippen LogP contribution in [0.1, 0.15) is 77.6 Å². The monoisotopic (exact) mass is 225 g/mol. The van der Waals surface area contributed by atoms with Gasteiger partial charge in [-0.1, -0.05) is 76.2 Å². The van der Waals surface area contributed by atoms with Crippen LogP contribution in [0.15, 0.2) is 5.11 Å². The fourth-order valence-corrected chi connectivity index (χ4v) is 1.89. The highest BCUT2D eigenvalue weighted by molar-refractivity contribution is 4.50. The lowest BCUT2D eigenvalue weighted by atomic mass is 10.1. The number of azide groups is 1. The molecule has 0 aliphatic heterocycles. The largest absolute Gasteiger partial charge is 0.0940 e. The van der Waals surface area contributed by atoms with Crippen LogP contribution in [0.4, 0.5) is 0 Å². The molecule has 0 rings (SSSR count). The summed E-state index contributed by atoms with van der Waals surface area (Å²) in [6, 6.07) is 0. The van der Waals surface area contributed by atoms with Gasteiger partial charge in [0.25, 0.3) is 0 Å². The topological polar surface area (TPSA) is 48.8 Å². The van der Waals surface area contributed by atoms with Crippen molar-refractivity contribution >= 4 is 0 Å². The molecule has 0 aliphatic rings. The van der Waals surface area contributed by atoms with E-state index in [1.165, 1.54) is 64.2 Å². The molecule has 0 amide bonds. The summed E-state index contributed by atoms with van der Waals surface area (Å²) in [5.41, 5.74) is 8.09. The summed E-state index contributed by atoms with van der Waals surface area (Å²) in [6.45, 7) is 2.93. The first-order valence-corrected chi connectivity index (χ1v) is 6.92. The van der Waals surface area contributed by atoms with Gasteiger partial charge in [0.05, 0.1) is 0 Å². The first-order valence-electron chi connectivity index (χ1n) is 6.92. The van der Waals surface area contributed by atoms with Gasteiger partial charge in [-0.2, -0.15) is 0 Å². The molecule has 0 heterocycles. The minimum Gasteiger partial charge on any atom is -0.0940 e. The molecule has 0 aliphatic carbocycles. The second-order valence-electron chi connectivity index (χ2n) is 4.49. The lowest BCUT2D eigenvalue weighted by Gasteiger charge is -2.01. The molecule has 0 unspecified atom stereocenters. The summed E-state index contributed by atoms with van der Waals surface area (Å²) in [7, 11) is 0. The Morgan fingerprint density at radius 1 is 0.750 bits per heavy atom. The Morgan fingerprint density at radius 3 is 1.62 bits per heavy atom. The molecule has 0 aromatic rings. The van der Waals surface area contributed by atoms with Gasteiger partial charge >= 0.3 is 0 Å². The fraction of sp³-hybridized carbons (Fsp3) is 1.00.